The van der Waals surface area contributed by atoms with Gasteiger partial charge in [0, 0.05) is 0 Å². The number of hydrogen-bond acceptors (Lipinski definition) is 6. The Kier molecular flexibility index (Phi) is 7.22. The highest BCUT2D eigenvalue weighted by Gasteiger charge is 2.32. The van der Waals surface area contributed by atoms with E-state index in [0.29, 0.717) is 24.3 Å². The molecule has 2 N–H and O–H groups in total. The molecule has 0 saturated heterocycles. The normalized spacial score (nSPS) is 16.3. The van der Waals surface area contributed by atoms with Crippen LogP contribution < -0.4 is 15.4 Å². The van der Waals surface area contributed by atoms with E-state index < -0.39 is 24.0 Å². The number of ether oxygens (including phenoxy) is 3. The van der Waals surface area contributed by atoms with Gasteiger partial charge >= 0.3 is 18.0 Å². The molecular formula is C19H24N2O6. The van der Waals surface area contributed by atoms with Crippen molar-refractivity contribution >= 4 is 18.0 Å². The number of carbonyl (C=O) groups is 3. The standard InChI is InChI=1S/C19H24N2O6/c1-4-14-16(18(23)26-6-3)15(21-19(24)20-14)11-27-17(22)12-7-9-13(10-8-12)25-5-2/h7-10,14H,4-6,11H2,1-3H3,(H2,20,21,24)/t14-/m0/s1. The van der Waals surface area contributed by atoms with Gasteiger partial charge < -0.3 is 24.8 Å². The first kappa shape index (κ1) is 20.3. The first-order valence-electron chi connectivity index (χ1n) is 8.87. The summed E-state index contributed by atoms with van der Waals surface area (Å²) in [5, 5.41) is 5.19. The predicted octanol–water partition coefficient (Wildman–Crippen LogP) is 2.15. The molecule has 146 valence electrons. The van der Waals surface area contributed by atoms with E-state index in [9.17, 15) is 14.4 Å². The molecule has 1 aliphatic rings. The molecule has 0 radical (unpaired) electrons. The Morgan fingerprint density at radius 3 is 2.30 bits per heavy atom. The third-order valence-electron chi connectivity index (χ3n) is 3.90. The van der Waals surface area contributed by atoms with Gasteiger partial charge in [0.1, 0.15) is 12.4 Å². The number of carbonyl (C=O) groups excluding carboxylic acids is 3. The van der Waals surface area contributed by atoms with Crippen molar-refractivity contribution in [1.82, 2.24) is 10.6 Å². The van der Waals surface area contributed by atoms with Crippen LogP contribution in [-0.2, 0) is 14.3 Å². The van der Waals surface area contributed by atoms with E-state index in [-0.39, 0.29) is 24.5 Å². The second-order valence-electron chi connectivity index (χ2n) is 5.71. The fourth-order valence-corrected chi connectivity index (χ4v) is 2.65. The summed E-state index contributed by atoms with van der Waals surface area (Å²) in [5.41, 5.74) is 0.825. The molecule has 8 nitrogen and oxygen atoms in total. The van der Waals surface area contributed by atoms with Gasteiger partial charge in [0.2, 0.25) is 0 Å². The quantitative estimate of drug-likeness (QED) is 0.674. The summed E-state index contributed by atoms with van der Waals surface area (Å²) in [4.78, 5) is 36.4. The van der Waals surface area contributed by atoms with E-state index in [1.807, 2.05) is 13.8 Å². The smallest absolute Gasteiger partial charge is 0.338 e. The van der Waals surface area contributed by atoms with Crippen molar-refractivity contribution in [2.24, 2.45) is 0 Å². The molecule has 2 rings (SSSR count). The average molecular weight is 376 g/mol. The van der Waals surface area contributed by atoms with Crippen LogP contribution in [0.15, 0.2) is 35.5 Å². The minimum absolute atomic E-state index is 0.200. The zero-order valence-corrected chi connectivity index (χ0v) is 15.7. The maximum atomic E-state index is 12.3. The third-order valence-corrected chi connectivity index (χ3v) is 3.90. The first-order chi connectivity index (χ1) is 13.0. The molecule has 1 aromatic carbocycles. The second kappa shape index (κ2) is 9.61. The Hall–Kier alpha value is -3.03. The number of rotatable bonds is 8. The van der Waals surface area contributed by atoms with Crippen LogP contribution >= 0.6 is 0 Å². The molecule has 0 bridgehead atoms. The van der Waals surface area contributed by atoms with Gasteiger partial charge in [0.15, 0.2) is 0 Å². The van der Waals surface area contributed by atoms with Crippen LogP contribution in [0.25, 0.3) is 0 Å². The highest BCUT2D eigenvalue weighted by molar-refractivity contribution is 5.95. The fraction of sp³-hybridized carbons (Fsp3) is 0.421. The lowest BCUT2D eigenvalue weighted by Crippen LogP contribution is -2.51. The lowest BCUT2D eigenvalue weighted by atomic mass is 10.0. The van der Waals surface area contributed by atoms with Gasteiger partial charge in [-0.1, -0.05) is 6.92 Å². The van der Waals surface area contributed by atoms with Gasteiger partial charge in [-0.2, -0.15) is 0 Å². The largest absolute Gasteiger partial charge is 0.494 e. The van der Waals surface area contributed by atoms with Crippen molar-refractivity contribution in [2.75, 3.05) is 19.8 Å². The highest BCUT2D eigenvalue weighted by atomic mass is 16.5. The topological polar surface area (TPSA) is 103 Å². The molecule has 0 unspecified atom stereocenters. The van der Waals surface area contributed by atoms with Crippen molar-refractivity contribution in [2.45, 2.75) is 33.2 Å². The Balaban J connectivity index is 2.14. The van der Waals surface area contributed by atoms with Crippen LogP contribution in [0, 0.1) is 0 Å². The van der Waals surface area contributed by atoms with Crippen molar-refractivity contribution in [3.8, 4) is 5.75 Å². The van der Waals surface area contributed by atoms with Crippen molar-refractivity contribution < 1.29 is 28.6 Å². The van der Waals surface area contributed by atoms with Gasteiger partial charge in [-0.25, -0.2) is 14.4 Å². The average Bonchev–Trinajstić information content (AvgIpc) is 2.66. The SMILES string of the molecule is CCOC(=O)C1=C(COC(=O)c2ccc(OCC)cc2)NC(=O)N[C@H]1CC. The van der Waals surface area contributed by atoms with Crippen LogP contribution in [0.1, 0.15) is 37.6 Å². The molecule has 1 aliphatic heterocycles. The Bertz CT molecular complexity index is 726. The maximum Gasteiger partial charge on any atom is 0.338 e. The summed E-state index contributed by atoms with van der Waals surface area (Å²) < 4.78 is 15.7. The van der Waals surface area contributed by atoms with Crippen LogP contribution in [-0.4, -0.2) is 43.8 Å². The number of nitrogens with one attached hydrogen (secondary N) is 2. The van der Waals surface area contributed by atoms with Gasteiger partial charge in [-0.15, -0.1) is 0 Å². The monoisotopic (exact) mass is 376 g/mol. The van der Waals surface area contributed by atoms with E-state index >= 15 is 0 Å². The summed E-state index contributed by atoms with van der Waals surface area (Å²) in [6.07, 6.45) is 0.498. The molecule has 0 aromatic heterocycles. The van der Waals surface area contributed by atoms with Gasteiger partial charge in [-0.3, -0.25) is 0 Å². The molecule has 2 amide bonds. The summed E-state index contributed by atoms with van der Waals surface area (Å²) in [6, 6.07) is 5.55. The lowest BCUT2D eigenvalue weighted by molar-refractivity contribution is -0.139. The second-order valence-corrected chi connectivity index (χ2v) is 5.71. The zero-order valence-electron chi connectivity index (χ0n) is 15.7. The van der Waals surface area contributed by atoms with E-state index in [4.69, 9.17) is 14.2 Å². The molecule has 8 heteroatoms. The molecule has 1 heterocycles. The zero-order chi connectivity index (χ0) is 19.8. The number of urea groups is 1. The van der Waals surface area contributed by atoms with Crippen LogP contribution in [0.5, 0.6) is 5.75 Å². The molecule has 1 aromatic rings. The van der Waals surface area contributed by atoms with Gasteiger partial charge in [-0.05, 0) is 44.5 Å². The Labute approximate surface area is 157 Å². The molecule has 0 spiro atoms. The van der Waals surface area contributed by atoms with E-state index in [2.05, 4.69) is 10.6 Å². The summed E-state index contributed by atoms with van der Waals surface area (Å²) in [5.74, 6) is -0.476. The number of hydrogen-bond donors (Lipinski definition) is 2. The fourth-order valence-electron chi connectivity index (χ4n) is 2.65. The molecule has 1 atom stereocenters. The van der Waals surface area contributed by atoms with E-state index in [1.54, 1.807) is 31.2 Å². The molecule has 0 saturated carbocycles. The van der Waals surface area contributed by atoms with Gasteiger partial charge in [0.05, 0.1) is 36.1 Å². The summed E-state index contributed by atoms with van der Waals surface area (Å²) >= 11 is 0. The highest BCUT2D eigenvalue weighted by Crippen LogP contribution is 2.18. The van der Waals surface area contributed by atoms with Crippen LogP contribution in [0.4, 0.5) is 4.79 Å². The lowest BCUT2D eigenvalue weighted by Gasteiger charge is -2.28. The van der Waals surface area contributed by atoms with Crippen molar-refractivity contribution in [1.29, 1.82) is 0 Å². The molecular weight excluding hydrogens is 352 g/mol. The number of esters is 2. The third kappa shape index (κ3) is 5.22. The first-order valence-corrected chi connectivity index (χ1v) is 8.87. The predicted molar refractivity (Wildman–Crippen MR) is 97.3 cm³/mol. The molecule has 0 fully saturated rings. The molecule has 27 heavy (non-hydrogen) atoms. The van der Waals surface area contributed by atoms with Crippen molar-refractivity contribution in [3.05, 3.63) is 41.1 Å². The Morgan fingerprint density at radius 2 is 1.70 bits per heavy atom. The summed E-state index contributed by atoms with van der Waals surface area (Å²) in [6.45, 7) is 5.88. The minimum Gasteiger partial charge on any atom is -0.494 e. The Morgan fingerprint density at radius 1 is 1.00 bits per heavy atom. The summed E-state index contributed by atoms with van der Waals surface area (Å²) in [7, 11) is 0. The maximum absolute atomic E-state index is 12.3. The van der Waals surface area contributed by atoms with E-state index in [1.165, 1.54) is 0 Å². The minimum atomic E-state index is -0.574. The van der Waals surface area contributed by atoms with E-state index in [0.717, 1.165) is 0 Å². The van der Waals surface area contributed by atoms with Crippen LogP contribution in [0.3, 0.4) is 0 Å². The number of benzene rings is 1. The van der Waals surface area contributed by atoms with Crippen LogP contribution in [0.2, 0.25) is 0 Å². The molecule has 0 aliphatic carbocycles. The number of amides is 2. The van der Waals surface area contributed by atoms with Crippen molar-refractivity contribution in [3.63, 3.8) is 0 Å². The van der Waals surface area contributed by atoms with Gasteiger partial charge in [0.25, 0.3) is 0 Å².